The van der Waals surface area contributed by atoms with Crippen LogP contribution in [0.25, 0.3) is 0 Å². The number of hydrogen-bond acceptors (Lipinski definition) is 4. The van der Waals surface area contributed by atoms with Gasteiger partial charge < -0.3 is 20.5 Å². The minimum Gasteiger partial charge on any atom is -0.497 e. The van der Waals surface area contributed by atoms with Gasteiger partial charge in [-0.2, -0.15) is 0 Å². The molecule has 3 N–H and O–H groups in total. The van der Waals surface area contributed by atoms with Crippen molar-refractivity contribution < 1.29 is 14.3 Å². The average Bonchev–Trinajstić information content (AvgIpc) is 2.37. The van der Waals surface area contributed by atoms with Crippen LogP contribution in [0, 0.1) is 0 Å². The third-order valence-electron chi connectivity index (χ3n) is 2.66. The molecule has 1 atom stereocenters. The number of rotatable bonds is 5. The molecule has 0 spiro atoms. The number of methoxy groups -OCH3 is 1. The van der Waals surface area contributed by atoms with Crippen molar-refractivity contribution in [1.29, 1.82) is 0 Å². The first kappa shape index (κ1) is 16.3. The van der Waals surface area contributed by atoms with Gasteiger partial charge in [0.15, 0.2) is 6.10 Å². The Morgan fingerprint density at radius 2 is 2.05 bits per heavy atom. The second-order valence-electron chi connectivity index (χ2n) is 5.68. The van der Waals surface area contributed by atoms with Crippen LogP contribution in [0.15, 0.2) is 18.2 Å². The standard InChI is InChI=1S/C15H24N2O3/c1-10(14(18)17-15(2,3)4)20-13-7-6-12(19-5)8-11(13)9-16/h6-8,10H,9,16H2,1-5H3,(H,17,18). The van der Waals surface area contributed by atoms with Gasteiger partial charge in [-0.15, -0.1) is 0 Å². The Balaban J connectivity index is 2.80. The van der Waals surface area contributed by atoms with Crippen molar-refractivity contribution in [1.82, 2.24) is 5.32 Å². The van der Waals surface area contributed by atoms with Crippen LogP contribution in [0.1, 0.15) is 33.3 Å². The summed E-state index contributed by atoms with van der Waals surface area (Å²) in [6, 6.07) is 5.36. The van der Waals surface area contributed by atoms with Crippen molar-refractivity contribution >= 4 is 5.91 Å². The maximum Gasteiger partial charge on any atom is 0.261 e. The fourth-order valence-corrected chi connectivity index (χ4v) is 1.67. The molecule has 1 aromatic rings. The van der Waals surface area contributed by atoms with E-state index in [9.17, 15) is 4.79 Å². The molecular formula is C15H24N2O3. The molecule has 0 aliphatic heterocycles. The van der Waals surface area contributed by atoms with Crippen LogP contribution in [-0.4, -0.2) is 24.7 Å². The van der Waals surface area contributed by atoms with Crippen molar-refractivity contribution in [3.8, 4) is 11.5 Å². The van der Waals surface area contributed by atoms with E-state index in [1.165, 1.54) is 0 Å². The predicted octanol–water partition coefficient (Wildman–Crippen LogP) is 1.84. The van der Waals surface area contributed by atoms with Gasteiger partial charge in [0.2, 0.25) is 0 Å². The molecule has 0 fully saturated rings. The van der Waals surface area contributed by atoms with E-state index in [1.54, 1.807) is 26.2 Å². The second kappa shape index (κ2) is 6.61. The van der Waals surface area contributed by atoms with Crippen LogP contribution in [0.2, 0.25) is 0 Å². The van der Waals surface area contributed by atoms with Crippen LogP contribution in [-0.2, 0) is 11.3 Å². The molecule has 20 heavy (non-hydrogen) atoms. The lowest BCUT2D eigenvalue weighted by Gasteiger charge is -2.24. The molecule has 1 rings (SSSR count). The molecular weight excluding hydrogens is 256 g/mol. The van der Waals surface area contributed by atoms with Crippen LogP contribution in [0.4, 0.5) is 0 Å². The van der Waals surface area contributed by atoms with Crippen LogP contribution < -0.4 is 20.5 Å². The van der Waals surface area contributed by atoms with E-state index < -0.39 is 6.10 Å². The zero-order valence-corrected chi connectivity index (χ0v) is 12.8. The Bertz CT molecular complexity index is 467. The molecule has 0 heterocycles. The molecule has 1 amide bonds. The normalized spacial score (nSPS) is 12.7. The summed E-state index contributed by atoms with van der Waals surface area (Å²) in [4.78, 5) is 12.0. The smallest absolute Gasteiger partial charge is 0.261 e. The number of carbonyl (C=O) groups is 1. The molecule has 0 bridgehead atoms. The minimum atomic E-state index is -0.590. The topological polar surface area (TPSA) is 73.6 Å². The van der Waals surface area contributed by atoms with Gasteiger partial charge in [-0.3, -0.25) is 4.79 Å². The molecule has 0 saturated heterocycles. The first-order valence-corrected chi connectivity index (χ1v) is 6.62. The van der Waals surface area contributed by atoms with Gasteiger partial charge in [0, 0.05) is 17.6 Å². The Kier molecular flexibility index (Phi) is 5.39. The molecule has 0 aliphatic rings. The van der Waals surface area contributed by atoms with Gasteiger partial charge in [0.25, 0.3) is 5.91 Å². The Labute approximate surface area is 120 Å². The van der Waals surface area contributed by atoms with Gasteiger partial charge in [-0.1, -0.05) is 0 Å². The summed E-state index contributed by atoms with van der Waals surface area (Å²) in [6.07, 6.45) is -0.590. The SMILES string of the molecule is COc1ccc(OC(C)C(=O)NC(C)(C)C)c(CN)c1. The maximum absolute atomic E-state index is 12.0. The highest BCUT2D eigenvalue weighted by Gasteiger charge is 2.21. The summed E-state index contributed by atoms with van der Waals surface area (Å²) in [5.74, 6) is 1.16. The summed E-state index contributed by atoms with van der Waals surface area (Å²) in [5, 5.41) is 2.88. The number of benzene rings is 1. The Hall–Kier alpha value is -1.75. The Morgan fingerprint density at radius 1 is 1.40 bits per heavy atom. The van der Waals surface area contributed by atoms with E-state index in [-0.39, 0.29) is 11.4 Å². The minimum absolute atomic E-state index is 0.156. The van der Waals surface area contributed by atoms with Crippen LogP contribution in [0.3, 0.4) is 0 Å². The number of carbonyl (C=O) groups excluding carboxylic acids is 1. The highest BCUT2D eigenvalue weighted by molar-refractivity contribution is 5.81. The Morgan fingerprint density at radius 3 is 2.55 bits per heavy atom. The van der Waals surface area contributed by atoms with Gasteiger partial charge >= 0.3 is 0 Å². The first-order valence-electron chi connectivity index (χ1n) is 6.62. The number of hydrogen-bond donors (Lipinski definition) is 2. The second-order valence-corrected chi connectivity index (χ2v) is 5.68. The number of nitrogens with two attached hydrogens (primary N) is 1. The van der Waals surface area contributed by atoms with Gasteiger partial charge in [-0.05, 0) is 45.9 Å². The van der Waals surface area contributed by atoms with Crippen LogP contribution >= 0.6 is 0 Å². The molecule has 1 aromatic carbocycles. The van der Waals surface area contributed by atoms with Crippen molar-refractivity contribution in [2.75, 3.05) is 7.11 Å². The molecule has 0 saturated carbocycles. The van der Waals surface area contributed by atoms with Crippen molar-refractivity contribution in [2.24, 2.45) is 5.73 Å². The quantitative estimate of drug-likeness (QED) is 0.863. The van der Waals surface area contributed by atoms with E-state index >= 15 is 0 Å². The molecule has 0 radical (unpaired) electrons. The average molecular weight is 280 g/mol. The summed E-state index contributed by atoms with van der Waals surface area (Å²) in [6.45, 7) is 7.81. The number of ether oxygens (including phenoxy) is 2. The lowest BCUT2D eigenvalue weighted by Crippen LogP contribution is -2.46. The number of amides is 1. The maximum atomic E-state index is 12.0. The zero-order chi connectivity index (χ0) is 15.3. The first-order chi connectivity index (χ1) is 9.26. The monoisotopic (exact) mass is 280 g/mol. The number of nitrogens with one attached hydrogen (secondary N) is 1. The molecule has 5 heteroatoms. The third-order valence-corrected chi connectivity index (χ3v) is 2.66. The molecule has 1 unspecified atom stereocenters. The van der Waals surface area contributed by atoms with E-state index in [0.717, 1.165) is 5.56 Å². The molecule has 0 aromatic heterocycles. The highest BCUT2D eigenvalue weighted by Crippen LogP contribution is 2.24. The highest BCUT2D eigenvalue weighted by atomic mass is 16.5. The lowest BCUT2D eigenvalue weighted by atomic mass is 10.1. The molecule has 0 aliphatic carbocycles. The zero-order valence-electron chi connectivity index (χ0n) is 12.8. The lowest BCUT2D eigenvalue weighted by molar-refractivity contribution is -0.128. The summed E-state index contributed by atoms with van der Waals surface area (Å²) in [7, 11) is 1.59. The molecule has 112 valence electrons. The third kappa shape index (κ3) is 4.74. The summed E-state index contributed by atoms with van der Waals surface area (Å²) >= 11 is 0. The van der Waals surface area contributed by atoms with E-state index in [1.807, 2.05) is 26.8 Å². The summed E-state index contributed by atoms with van der Waals surface area (Å²) in [5.41, 5.74) is 6.21. The fourth-order valence-electron chi connectivity index (χ4n) is 1.67. The van der Waals surface area contributed by atoms with Crippen molar-refractivity contribution in [3.63, 3.8) is 0 Å². The van der Waals surface area contributed by atoms with E-state index in [2.05, 4.69) is 5.32 Å². The summed E-state index contributed by atoms with van der Waals surface area (Å²) < 4.78 is 10.8. The fraction of sp³-hybridized carbons (Fsp3) is 0.533. The largest absolute Gasteiger partial charge is 0.497 e. The molecule has 5 nitrogen and oxygen atoms in total. The van der Waals surface area contributed by atoms with Crippen molar-refractivity contribution in [2.45, 2.75) is 45.9 Å². The predicted molar refractivity (Wildman–Crippen MR) is 78.9 cm³/mol. The van der Waals surface area contributed by atoms with Gasteiger partial charge in [0.05, 0.1) is 7.11 Å². The van der Waals surface area contributed by atoms with E-state index in [0.29, 0.717) is 18.0 Å². The van der Waals surface area contributed by atoms with Gasteiger partial charge in [-0.25, -0.2) is 0 Å². The van der Waals surface area contributed by atoms with Crippen LogP contribution in [0.5, 0.6) is 11.5 Å². The van der Waals surface area contributed by atoms with Crippen molar-refractivity contribution in [3.05, 3.63) is 23.8 Å². The van der Waals surface area contributed by atoms with Gasteiger partial charge in [0.1, 0.15) is 11.5 Å². The van der Waals surface area contributed by atoms with E-state index in [4.69, 9.17) is 15.2 Å².